The maximum Gasteiger partial charge on any atom is 0.334 e. The Hall–Kier alpha value is -1.32. The summed E-state index contributed by atoms with van der Waals surface area (Å²) in [7, 11) is 0. The Labute approximate surface area is 135 Å². The molecule has 0 heterocycles. The summed E-state index contributed by atoms with van der Waals surface area (Å²) in [6.07, 6.45) is 7.17. The molecule has 0 rings (SSSR count). The van der Waals surface area contributed by atoms with Crippen molar-refractivity contribution in [2.75, 3.05) is 13.2 Å². The first-order valence-electron chi connectivity index (χ1n) is 8.68. The van der Waals surface area contributed by atoms with E-state index in [1.54, 1.807) is 13.8 Å². The number of esters is 2. The van der Waals surface area contributed by atoms with Crippen molar-refractivity contribution in [1.29, 1.82) is 0 Å². The molecule has 0 N–H and O–H groups in total. The maximum atomic E-state index is 12.2. The first-order chi connectivity index (χ1) is 10.6. The SMILES string of the molecule is CCCCCC(C(=O)OCC)=C(CCCCC)C(=O)OCC. The molecule has 0 saturated carbocycles. The number of carbonyl (C=O) groups excluding carboxylic acids is 2. The van der Waals surface area contributed by atoms with Crippen molar-refractivity contribution in [1.82, 2.24) is 0 Å². The predicted molar refractivity (Wildman–Crippen MR) is 88.6 cm³/mol. The van der Waals surface area contributed by atoms with Gasteiger partial charge in [0.25, 0.3) is 0 Å². The van der Waals surface area contributed by atoms with E-state index in [0.717, 1.165) is 38.5 Å². The van der Waals surface area contributed by atoms with Crippen LogP contribution in [0.4, 0.5) is 0 Å². The fourth-order valence-electron chi connectivity index (χ4n) is 2.29. The van der Waals surface area contributed by atoms with Crippen molar-refractivity contribution < 1.29 is 19.1 Å². The number of rotatable bonds is 12. The van der Waals surface area contributed by atoms with Gasteiger partial charge in [-0.05, 0) is 39.5 Å². The van der Waals surface area contributed by atoms with Crippen LogP contribution in [0.25, 0.3) is 0 Å². The Morgan fingerprint density at radius 3 is 1.27 bits per heavy atom. The molecule has 0 bridgehead atoms. The second-order valence-electron chi connectivity index (χ2n) is 5.31. The predicted octanol–water partition coefficient (Wildman–Crippen LogP) is 4.57. The van der Waals surface area contributed by atoms with Gasteiger partial charge in [0.2, 0.25) is 0 Å². The van der Waals surface area contributed by atoms with Gasteiger partial charge in [0.05, 0.1) is 13.2 Å². The number of carbonyl (C=O) groups is 2. The normalized spacial score (nSPS) is 11.8. The van der Waals surface area contributed by atoms with Crippen LogP contribution in [0.2, 0.25) is 0 Å². The Balaban J connectivity index is 5.28. The molecule has 0 amide bonds. The number of hydrogen-bond acceptors (Lipinski definition) is 4. The third kappa shape index (κ3) is 8.20. The van der Waals surface area contributed by atoms with Gasteiger partial charge in [-0.25, -0.2) is 9.59 Å². The van der Waals surface area contributed by atoms with E-state index in [9.17, 15) is 9.59 Å². The molecule has 0 fully saturated rings. The minimum Gasteiger partial charge on any atom is -0.463 e. The molecule has 0 aliphatic heterocycles. The lowest BCUT2D eigenvalue weighted by Crippen LogP contribution is -2.17. The van der Waals surface area contributed by atoms with Gasteiger partial charge in [0.1, 0.15) is 0 Å². The summed E-state index contributed by atoms with van der Waals surface area (Å²) in [6.45, 7) is 8.43. The highest BCUT2D eigenvalue weighted by Crippen LogP contribution is 2.22. The van der Waals surface area contributed by atoms with Gasteiger partial charge < -0.3 is 9.47 Å². The zero-order valence-corrected chi connectivity index (χ0v) is 14.7. The van der Waals surface area contributed by atoms with E-state index in [-0.39, 0.29) is 11.9 Å². The Kier molecular flexibility index (Phi) is 12.5. The van der Waals surface area contributed by atoms with Crippen LogP contribution >= 0.6 is 0 Å². The molecular weight excluding hydrogens is 280 g/mol. The molecule has 0 saturated heterocycles. The summed E-state index contributed by atoms with van der Waals surface area (Å²) < 4.78 is 10.3. The van der Waals surface area contributed by atoms with Gasteiger partial charge in [0, 0.05) is 11.1 Å². The van der Waals surface area contributed by atoms with Crippen molar-refractivity contribution in [2.45, 2.75) is 79.1 Å². The number of unbranched alkanes of at least 4 members (excludes halogenated alkanes) is 4. The van der Waals surface area contributed by atoms with Crippen LogP contribution < -0.4 is 0 Å². The summed E-state index contributed by atoms with van der Waals surface area (Å²) >= 11 is 0. The van der Waals surface area contributed by atoms with Crippen LogP contribution in [0, 0.1) is 0 Å². The molecule has 0 aliphatic rings. The topological polar surface area (TPSA) is 52.6 Å². The lowest BCUT2D eigenvalue weighted by atomic mass is 9.97. The third-order valence-electron chi connectivity index (χ3n) is 3.47. The highest BCUT2D eigenvalue weighted by molar-refractivity contribution is 6.00. The van der Waals surface area contributed by atoms with E-state index < -0.39 is 0 Å². The van der Waals surface area contributed by atoms with E-state index in [0.29, 0.717) is 37.2 Å². The smallest absolute Gasteiger partial charge is 0.334 e. The van der Waals surface area contributed by atoms with Crippen LogP contribution in [0.5, 0.6) is 0 Å². The molecule has 0 atom stereocenters. The fraction of sp³-hybridized carbons (Fsp3) is 0.778. The molecule has 4 nitrogen and oxygen atoms in total. The second-order valence-corrected chi connectivity index (χ2v) is 5.31. The van der Waals surface area contributed by atoms with Crippen LogP contribution in [-0.4, -0.2) is 25.2 Å². The Morgan fingerprint density at radius 1 is 0.636 bits per heavy atom. The van der Waals surface area contributed by atoms with Crippen molar-refractivity contribution >= 4 is 11.9 Å². The molecule has 0 aromatic rings. The van der Waals surface area contributed by atoms with E-state index in [4.69, 9.17) is 9.47 Å². The molecule has 0 radical (unpaired) electrons. The molecule has 0 aromatic heterocycles. The van der Waals surface area contributed by atoms with E-state index in [1.807, 2.05) is 0 Å². The summed E-state index contributed by atoms with van der Waals surface area (Å²) in [5, 5.41) is 0. The molecular formula is C18H32O4. The fourth-order valence-corrected chi connectivity index (χ4v) is 2.29. The molecule has 0 spiro atoms. The van der Waals surface area contributed by atoms with E-state index in [2.05, 4.69) is 13.8 Å². The van der Waals surface area contributed by atoms with Crippen molar-refractivity contribution in [3.63, 3.8) is 0 Å². The minimum absolute atomic E-state index is 0.321. The van der Waals surface area contributed by atoms with Gasteiger partial charge in [-0.2, -0.15) is 0 Å². The Morgan fingerprint density at radius 2 is 1.00 bits per heavy atom. The summed E-state index contributed by atoms with van der Waals surface area (Å²) in [4.78, 5) is 24.5. The first kappa shape index (κ1) is 20.7. The van der Waals surface area contributed by atoms with Crippen LogP contribution in [-0.2, 0) is 19.1 Å². The average molecular weight is 312 g/mol. The zero-order valence-electron chi connectivity index (χ0n) is 14.7. The summed E-state index contributed by atoms with van der Waals surface area (Å²) in [5.41, 5.74) is 1.04. The molecule has 0 aromatic carbocycles. The molecule has 0 aliphatic carbocycles. The van der Waals surface area contributed by atoms with Crippen molar-refractivity contribution in [2.24, 2.45) is 0 Å². The molecule has 4 heteroatoms. The van der Waals surface area contributed by atoms with Crippen molar-refractivity contribution in [3.8, 4) is 0 Å². The molecule has 128 valence electrons. The Bertz CT molecular complexity index is 324. The van der Waals surface area contributed by atoms with E-state index >= 15 is 0 Å². The summed E-state index contributed by atoms with van der Waals surface area (Å²) in [6, 6.07) is 0. The maximum absolute atomic E-state index is 12.2. The second kappa shape index (κ2) is 13.4. The van der Waals surface area contributed by atoms with Crippen LogP contribution in [0.1, 0.15) is 79.1 Å². The first-order valence-corrected chi connectivity index (χ1v) is 8.68. The van der Waals surface area contributed by atoms with Crippen LogP contribution in [0.3, 0.4) is 0 Å². The molecule has 22 heavy (non-hydrogen) atoms. The zero-order chi connectivity index (χ0) is 16.8. The quantitative estimate of drug-likeness (QED) is 0.301. The van der Waals surface area contributed by atoms with E-state index in [1.165, 1.54) is 0 Å². The number of hydrogen-bond donors (Lipinski definition) is 0. The highest BCUT2D eigenvalue weighted by Gasteiger charge is 2.22. The van der Waals surface area contributed by atoms with Gasteiger partial charge in [-0.3, -0.25) is 0 Å². The monoisotopic (exact) mass is 312 g/mol. The molecule has 0 unspecified atom stereocenters. The van der Waals surface area contributed by atoms with Gasteiger partial charge in [-0.1, -0.05) is 39.5 Å². The largest absolute Gasteiger partial charge is 0.463 e. The minimum atomic E-state index is -0.363. The van der Waals surface area contributed by atoms with Gasteiger partial charge in [0.15, 0.2) is 0 Å². The highest BCUT2D eigenvalue weighted by atomic mass is 16.5. The standard InChI is InChI=1S/C18H32O4/c1-5-9-11-13-15(17(19)21-7-3)16(14-12-10-6-2)18(20)22-8-4/h5-14H2,1-4H3. The summed E-state index contributed by atoms with van der Waals surface area (Å²) in [5.74, 6) is -0.726. The van der Waals surface area contributed by atoms with Crippen LogP contribution in [0.15, 0.2) is 11.1 Å². The number of ether oxygens (including phenoxy) is 2. The third-order valence-corrected chi connectivity index (χ3v) is 3.47. The lowest BCUT2D eigenvalue weighted by Gasteiger charge is -2.14. The average Bonchev–Trinajstić information content (AvgIpc) is 2.49. The van der Waals surface area contributed by atoms with Gasteiger partial charge in [-0.15, -0.1) is 0 Å². The van der Waals surface area contributed by atoms with Gasteiger partial charge >= 0.3 is 11.9 Å². The lowest BCUT2D eigenvalue weighted by molar-refractivity contribution is -0.142. The van der Waals surface area contributed by atoms with Crippen molar-refractivity contribution in [3.05, 3.63) is 11.1 Å².